The molecule has 0 saturated carbocycles. The van der Waals surface area contributed by atoms with Gasteiger partial charge in [-0.3, -0.25) is 19.9 Å². The molecule has 196 valence electrons. The maximum Gasteiger partial charge on any atom is 0.323 e. The highest BCUT2D eigenvalue weighted by Crippen LogP contribution is 2.30. The van der Waals surface area contributed by atoms with Gasteiger partial charge in [0, 0.05) is 47.5 Å². The van der Waals surface area contributed by atoms with E-state index in [2.05, 4.69) is 38.2 Å². The zero-order valence-electron chi connectivity index (χ0n) is 21.1. The van der Waals surface area contributed by atoms with Gasteiger partial charge in [0.25, 0.3) is 5.91 Å². The van der Waals surface area contributed by atoms with Gasteiger partial charge in [0.1, 0.15) is 17.5 Å². The van der Waals surface area contributed by atoms with Crippen molar-refractivity contribution in [2.24, 2.45) is 5.92 Å². The summed E-state index contributed by atoms with van der Waals surface area (Å²) in [6.45, 7) is 3.89. The second-order valence-electron chi connectivity index (χ2n) is 9.75. The Morgan fingerprint density at radius 2 is 1.95 bits per heavy atom. The molecule has 2 aliphatic rings. The molecule has 0 bridgehead atoms. The van der Waals surface area contributed by atoms with Crippen molar-refractivity contribution in [3.8, 4) is 5.75 Å². The van der Waals surface area contributed by atoms with Crippen molar-refractivity contribution in [1.82, 2.24) is 26.1 Å². The van der Waals surface area contributed by atoms with Crippen LogP contribution in [0.3, 0.4) is 0 Å². The molecule has 37 heavy (non-hydrogen) atoms. The number of ether oxygens (including phenoxy) is 2. The zero-order chi connectivity index (χ0) is 26.1. The number of hydrogen-bond acceptors (Lipinski definition) is 7. The first kappa shape index (κ1) is 25.5. The molecule has 0 aliphatic carbocycles. The third-order valence-electron chi connectivity index (χ3n) is 7.50. The van der Waals surface area contributed by atoms with Crippen molar-refractivity contribution >= 4 is 34.4 Å². The number of carbonyl (C=O) groups excluding carboxylic acids is 2. The molecule has 1 aromatic heterocycles. The molecular formula is C27H32ClN5O4. The highest BCUT2D eigenvalue weighted by molar-refractivity contribution is 6.31. The molecule has 1 amide bonds. The summed E-state index contributed by atoms with van der Waals surface area (Å²) >= 11 is 6.15. The van der Waals surface area contributed by atoms with Crippen LogP contribution in [-0.2, 0) is 9.53 Å². The van der Waals surface area contributed by atoms with E-state index in [0.717, 1.165) is 34.3 Å². The Morgan fingerprint density at radius 1 is 1.16 bits per heavy atom. The second-order valence-corrected chi connectivity index (χ2v) is 10.2. The van der Waals surface area contributed by atoms with Gasteiger partial charge >= 0.3 is 5.97 Å². The van der Waals surface area contributed by atoms with Crippen molar-refractivity contribution < 1.29 is 19.1 Å². The number of amides is 1. The number of H-pyrrole nitrogens is 1. The minimum absolute atomic E-state index is 0.0821. The summed E-state index contributed by atoms with van der Waals surface area (Å²) in [5.74, 6) is 0.549. The number of halogens is 1. The third kappa shape index (κ3) is 5.17. The number of aromatic nitrogens is 1. The molecule has 0 spiro atoms. The first-order chi connectivity index (χ1) is 17.9. The van der Waals surface area contributed by atoms with E-state index in [4.69, 9.17) is 21.1 Å². The predicted molar refractivity (Wildman–Crippen MR) is 142 cm³/mol. The molecule has 4 atom stereocenters. The van der Waals surface area contributed by atoms with E-state index >= 15 is 0 Å². The highest BCUT2D eigenvalue weighted by atomic mass is 35.5. The van der Waals surface area contributed by atoms with Crippen LogP contribution in [0.2, 0.25) is 5.02 Å². The molecule has 2 aromatic carbocycles. The van der Waals surface area contributed by atoms with E-state index in [1.807, 2.05) is 31.2 Å². The Kier molecular flexibility index (Phi) is 7.39. The summed E-state index contributed by atoms with van der Waals surface area (Å²) in [6, 6.07) is 13.0. The zero-order valence-corrected chi connectivity index (χ0v) is 21.9. The first-order valence-electron chi connectivity index (χ1n) is 12.4. The van der Waals surface area contributed by atoms with E-state index in [1.54, 1.807) is 13.2 Å². The average molecular weight is 526 g/mol. The summed E-state index contributed by atoms with van der Waals surface area (Å²) in [6.07, 6.45) is 0.490. The van der Waals surface area contributed by atoms with Crippen molar-refractivity contribution in [3.05, 3.63) is 64.3 Å². The third-order valence-corrected chi connectivity index (χ3v) is 7.73. The Hall–Kier alpha value is -3.11. The van der Waals surface area contributed by atoms with Gasteiger partial charge in [0.15, 0.2) is 0 Å². The highest BCUT2D eigenvalue weighted by Gasteiger charge is 2.41. The van der Waals surface area contributed by atoms with Crippen molar-refractivity contribution in [2.45, 2.75) is 31.5 Å². The van der Waals surface area contributed by atoms with Crippen LogP contribution in [0, 0.1) is 12.8 Å². The number of esters is 1. The number of nitrogens with one attached hydrogen (secondary N) is 4. The van der Waals surface area contributed by atoms with Crippen molar-refractivity contribution in [3.63, 3.8) is 0 Å². The van der Waals surface area contributed by atoms with Crippen LogP contribution in [0.25, 0.3) is 10.9 Å². The Labute approximate surface area is 220 Å². The van der Waals surface area contributed by atoms with Crippen LogP contribution >= 0.6 is 11.6 Å². The summed E-state index contributed by atoms with van der Waals surface area (Å²) in [7, 11) is 3.06. The normalized spacial score (nSPS) is 23.9. The predicted octanol–water partition coefficient (Wildman–Crippen LogP) is 2.95. The lowest BCUT2D eigenvalue weighted by Crippen LogP contribution is -2.42. The molecule has 9 nitrogen and oxygen atoms in total. The Morgan fingerprint density at radius 3 is 2.68 bits per heavy atom. The smallest absolute Gasteiger partial charge is 0.323 e. The lowest BCUT2D eigenvalue weighted by molar-refractivity contribution is -0.146. The van der Waals surface area contributed by atoms with E-state index in [1.165, 1.54) is 7.11 Å². The fraction of sp³-hybridized carbons (Fsp3) is 0.407. The lowest BCUT2D eigenvalue weighted by Gasteiger charge is -2.28. The number of aryl methyl sites for hydroxylation is 1. The van der Waals surface area contributed by atoms with Crippen LogP contribution < -0.4 is 20.9 Å². The van der Waals surface area contributed by atoms with Crippen molar-refractivity contribution in [1.29, 1.82) is 0 Å². The quantitative estimate of drug-likeness (QED) is 0.351. The van der Waals surface area contributed by atoms with Gasteiger partial charge < -0.3 is 19.8 Å². The van der Waals surface area contributed by atoms with Crippen LogP contribution in [0.15, 0.2) is 42.5 Å². The van der Waals surface area contributed by atoms with Crippen LogP contribution in [0.1, 0.15) is 34.1 Å². The van der Waals surface area contributed by atoms with Gasteiger partial charge in [0.2, 0.25) is 0 Å². The number of likely N-dealkylation sites (tertiary alicyclic amines) is 1. The summed E-state index contributed by atoms with van der Waals surface area (Å²) < 4.78 is 10.4. The Balaban J connectivity index is 1.29. The van der Waals surface area contributed by atoms with E-state index < -0.39 is 6.04 Å². The topological polar surface area (TPSA) is 108 Å². The number of aromatic amines is 1. The van der Waals surface area contributed by atoms with E-state index in [-0.39, 0.29) is 29.9 Å². The molecule has 10 heteroatoms. The summed E-state index contributed by atoms with van der Waals surface area (Å²) in [5, 5.41) is 4.68. The number of hydrogen-bond donors (Lipinski definition) is 4. The summed E-state index contributed by atoms with van der Waals surface area (Å²) in [5.41, 5.74) is 9.98. The first-order valence-corrected chi connectivity index (χ1v) is 12.8. The molecule has 2 saturated heterocycles. The molecule has 2 aliphatic heterocycles. The molecule has 3 heterocycles. The SMILES string of the molecule is COC(=O)[C@@H]1C[C@H](NC(=O)c2[nH]c3ccc(Cl)cc3c2C)CN1CC1CNNC1c1ccc(OC)cc1. The number of hydrazine groups is 1. The molecule has 2 unspecified atom stereocenters. The monoisotopic (exact) mass is 525 g/mol. The average Bonchev–Trinajstić information content (AvgIpc) is 3.61. The lowest BCUT2D eigenvalue weighted by atomic mass is 9.94. The van der Waals surface area contributed by atoms with Gasteiger partial charge in [-0.05, 0) is 54.8 Å². The van der Waals surface area contributed by atoms with Crippen molar-refractivity contribution in [2.75, 3.05) is 33.9 Å². The molecular weight excluding hydrogens is 494 g/mol. The van der Waals surface area contributed by atoms with Gasteiger partial charge in [-0.15, -0.1) is 0 Å². The molecule has 3 aromatic rings. The fourth-order valence-electron chi connectivity index (χ4n) is 5.55. The number of rotatable bonds is 7. The van der Waals surface area contributed by atoms with E-state index in [0.29, 0.717) is 30.2 Å². The molecule has 4 N–H and O–H groups in total. The van der Waals surface area contributed by atoms with Gasteiger partial charge in [0.05, 0.1) is 20.3 Å². The number of nitrogens with zero attached hydrogens (tertiary/aromatic N) is 1. The largest absolute Gasteiger partial charge is 0.497 e. The Bertz CT molecular complexity index is 1290. The van der Waals surface area contributed by atoms with E-state index in [9.17, 15) is 9.59 Å². The molecule has 2 fully saturated rings. The number of fused-ring (bicyclic) bond motifs is 1. The fourth-order valence-corrected chi connectivity index (χ4v) is 5.72. The van der Waals surface area contributed by atoms with Crippen LogP contribution in [0.5, 0.6) is 5.75 Å². The standard InChI is InChI=1S/C27H32ClN5O4/c1-15-21-10-18(28)6-9-22(21)31-24(15)26(34)30-19-11-23(27(35)37-3)33(14-19)13-17-12-29-32-25(17)16-4-7-20(36-2)8-5-16/h4-10,17,19,23,25,29,31-32H,11-14H2,1-3H3,(H,30,34)/t17?,19-,23-,25?/m0/s1. The maximum absolute atomic E-state index is 13.2. The number of carbonyl (C=O) groups is 2. The number of benzene rings is 2. The second kappa shape index (κ2) is 10.7. The van der Waals surface area contributed by atoms with Gasteiger partial charge in [-0.25, -0.2) is 5.43 Å². The maximum atomic E-state index is 13.2. The molecule has 0 radical (unpaired) electrons. The minimum atomic E-state index is -0.421. The number of methoxy groups -OCH3 is 2. The minimum Gasteiger partial charge on any atom is -0.497 e. The molecule has 5 rings (SSSR count). The van der Waals surface area contributed by atoms with Crippen LogP contribution in [-0.4, -0.2) is 67.7 Å². The van der Waals surface area contributed by atoms with Gasteiger partial charge in [-0.1, -0.05) is 23.7 Å². The van der Waals surface area contributed by atoms with Gasteiger partial charge in [-0.2, -0.15) is 0 Å². The van der Waals surface area contributed by atoms with Crippen LogP contribution in [0.4, 0.5) is 0 Å². The summed E-state index contributed by atoms with van der Waals surface area (Å²) in [4.78, 5) is 31.2.